The number of aromatic hydroxyl groups is 1. The van der Waals surface area contributed by atoms with Crippen LogP contribution in [0.1, 0.15) is 31.1 Å². The van der Waals surface area contributed by atoms with Gasteiger partial charge < -0.3 is 19.8 Å². The predicted molar refractivity (Wildman–Crippen MR) is 79.5 cm³/mol. The van der Waals surface area contributed by atoms with Crippen LogP contribution in [0.4, 0.5) is 0 Å². The first kappa shape index (κ1) is 18.9. The van der Waals surface area contributed by atoms with E-state index in [4.69, 9.17) is 14.9 Å². The Hall–Kier alpha value is -2.08. The first-order valence-corrected chi connectivity index (χ1v) is 6.79. The first-order chi connectivity index (χ1) is 9.92. The van der Waals surface area contributed by atoms with Gasteiger partial charge in [0.1, 0.15) is 17.9 Å². The van der Waals surface area contributed by atoms with Crippen LogP contribution in [-0.4, -0.2) is 53.3 Å². The number of ether oxygens (including phenoxy) is 1. The minimum atomic E-state index is -1.11. The van der Waals surface area contributed by atoms with Crippen molar-refractivity contribution in [2.45, 2.75) is 20.8 Å². The number of rotatable bonds is 6. The Morgan fingerprint density at radius 1 is 1.19 bits per heavy atom. The molecule has 0 unspecified atom stereocenters. The molecule has 0 aromatic heterocycles. The quantitative estimate of drug-likeness (QED) is 0.781. The van der Waals surface area contributed by atoms with E-state index in [0.29, 0.717) is 6.61 Å². The lowest BCUT2D eigenvalue weighted by Gasteiger charge is -2.16. The monoisotopic (exact) mass is 297 g/mol. The second-order valence-corrected chi connectivity index (χ2v) is 4.19. The fourth-order valence-corrected chi connectivity index (χ4v) is 1.51. The zero-order valence-corrected chi connectivity index (χ0v) is 12.7. The zero-order valence-electron chi connectivity index (χ0n) is 12.7. The Bertz CT molecular complexity index is 443. The van der Waals surface area contributed by atoms with Crippen LogP contribution in [0.15, 0.2) is 24.3 Å². The molecular weight excluding hydrogens is 274 g/mol. The molecular formula is C15H23NO5. The highest BCUT2D eigenvalue weighted by molar-refractivity contribution is 5.90. The number of hydrogen-bond acceptors (Lipinski definition) is 5. The summed E-state index contributed by atoms with van der Waals surface area (Å²) in [5.41, 5.74) is -0.0671. The fraction of sp³-hybridized carbons (Fsp3) is 0.467. The summed E-state index contributed by atoms with van der Waals surface area (Å²) in [7, 11) is 0. The van der Waals surface area contributed by atoms with Crippen LogP contribution >= 0.6 is 0 Å². The maximum atomic E-state index is 10.4. The number of nitrogens with zero attached hydrogens (tertiary/aromatic N) is 1. The van der Waals surface area contributed by atoms with Crippen molar-refractivity contribution in [3.05, 3.63) is 29.8 Å². The number of hydrogen-bond donors (Lipinski definition) is 2. The molecule has 0 aliphatic rings. The van der Waals surface area contributed by atoms with E-state index in [2.05, 4.69) is 18.7 Å². The molecule has 0 atom stereocenters. The molecule has 0 bridgehead atoms. The Labute approximate surface area is 125 Å². The summed E-state index contributed by atoms with van der Waals surface area (Å²) in [6.45, 7) is 9.00. The number of carbonyl (C=O) groups is 2. The first-order valence-electron chi connectivity index (χ1n) is 6.79. The van der Waals surface area contributed by atoms with Gasteiger partial charge in [0, 0.05) is 13.5 Å². The number of esters is 1. The smallest absolute Gasteiger partial charge is 0.339 e. The van der Waals surface area contributed by atoms with E-state index in [1.807, 2.05) is 0 Å². The maximum Gasteiger partial charge on any atom is 0.339 e. The van der Waals surface area contributed by atoms with E-state index in [-0.39, 0.29) is 17.3 Å². The van der Waals surface area contributed by atoms with Crippen LogP contribution in [0, 0.1) is 0 Å². The highest BCUT2D eigenvalue weighted by Crippen LogP contribution is 2.14. The van der Waals surface area contributed by atoms with Gasteiger partial charge in [0.25, 0.3) is 0 Å². The number of carbonyl (C=O) groups excluding carboxylic acids is 1. The summed E-state index contributed by atoms with van der Waals surface area (Å²) in [4.78, 5) is 22.8. The van der Waals surface area contributed by atoms with Crippen molar-refractivity contribution in [2.24, 2.45) is 0 Å². The van der Waals surface area contributed by atoms with Gasteiger partial charge in [-0.15, -0.1) is 0 Å². The molecule has 0 radical (unpaired) electrons. The SMILES string of the molecule is CCN(CC)CCOC(C)=O.O=C(O)c1ccccc1O. The van der Waals surface area contributed by atoms with E-state index in [0.717, 1.165) is 19.6 Å². The summed E-state index contributed by atoms with van der Waals surface area (Å²) in [6.07, 6.45) is 0. The van der Waals surface area contributed by atoms with Gasteiger partial charge in [-0.3, -0.25) is 4.79 Å². The molecule has 0 saturated heterocycles. The predicted octanol–water partition coefficient (Wildman–Crippen LogP) is 1.98. The van der Waals surface area contributed by atoms with Gasteiger partial charge in [0.2, 0.25) is 0 Å². The van der Waals surface area contributed by atoms with Crippen LogP contribution in [0.5, 0.6) is 5.75 Å². The maximum absolute atomic E-state index is 10.4. The van der Waals surface area contributed by atoms with Crippen molar-refractivity contribution in [1.82, 2.24) is 4.90 Å². The van der Waals surface area contributed by atoms with Gasteiger partial charge in [-0.25, -0.2) is 4.79 Å². The molecule has 6 nitrogen and oxygen atoms in total. The molecule has 1 aromatic rings. The number of aromatic carboxylic acids is 1. The summed E-state index contributed by atoms with van der Waals surface area (Å²) < 4.78 is 4.80. The molecule has 0 fully saturated rings. The Morgan fingerprint density at radius 3 is 2.14 bits per heavy atom. The molecule has 1 rings (SSSR count). The highest BCUT2D eigenvalue weighted by Gasteiger charge is 2.05. The minimum absolute atomic E-state index is 0.0671. The number of para-hydroxylation sites is 1. The van der Waals surface area contributed by atoms with Gasteiger partial charge >= 0.3 is 11.9 Å². The highest BCUT2D eigenvalue weighted by atomic mass is 16.5. The molecule has 6 heteroatoms. The third kappa shape index (κ3) is 8.65. The molecule has 0 amide bonds. The lowest BCUT2D eigenvalue weighted by molar-refractivity contribution is -0.141. The lowest BCUT2D eigenvalue weighted by atomic mass is 10.2. The second-order valence-electron chi connectivity index (χ2n) is 4.19. The number of carboxylic acids is 1. The zero-order chi connectivity index (χ0) is 16.3. The number of likely N-dealkylation sites (N-methyl/N-ethyl adjacent to an activating group) is 1. The van der Waals surface area contributed by atoms with Crippen LogP contribution in [0.25, 0.3) is 0 Å². The van der Waals surface area contributed by atoms with Crippen LogP contribution in [0.2, 0.25) is 0 Å². The third-order valence-corrected chi connectivity index (χ3v) is 2.74. The van der Waals surface area contributed by atoms with E-state index in [1.54, 1.807) is 12.1 Å². The van der Waals surface area contributed by atoms with Gasteiger partial charge in [-0.2, -0.15) is 0 Å². The van der Waals surface area contributed by atoms with E-state index in [9.17, 15) is 9.59 Å². The minimum Gasteiger partial charge on any atom is -0.507 e. The average Bonchev–Trinajstić information content (AvgIpc) is 2.44. The summed E-state index contributed by atoms with van der Waals surface area (Å²) >= 11 is 0. The van der Waals surface area contributed by atoms with Gasteiger partial charge in [-0.05, 0) is 25.2 Å². The summed E-state index contributed by atoms with van der Waals surface area (Å²) in [5.74, 6) is -1.51. The summed E-state index contributed by atoms with van der Waals surface area (Å²) in [5, 5.41) is 17.3. The molecule has 0 saturated carbocycles. The van der Waals surface area contributed by atoms with Crippen molar-refractivity contribution in [3.8, 4) is 5.75 Å². The van der Waals surface area contributed by atoms with Gasteiger partial charge in [-0.1, -0.05) is 26.0 Å². The molecule has 0 heterocycles. The van der Waals surface area contributed by atoms with E-state index >= 15 is 0 Å². The van der Waals surface area contributed by atoms with Crippen molar-refractivity contribution in [1.29, 1.82) is 0 Å². The van der Waals surface area contributed by atoms with Crippen molar-refractivity contribution in [2.75, 3.05) is 26.2 Å². The molecule has 0 aliphatic heterocycles. The number of phenols is 1. The van der Waals surface area contributed by atoms with Crippen LogP contribution < -0.4 is 0 Å². The molecule has 2 N–H and O–H groups in total. The third-order valence-electron chi connectivity index (χ3n) is 2.74. The van der Waals surface area contributed by atoms with Crippen LogP contribution in [-0.2, 0) is 9.53 Å². The van der Waals surface area contributed by atoms with Crippen molar-refractivity contribution >= 4 is 11.9 Å². The molecule has 0 aliphatic carbocycles. The fourth-order valence-electron chi connectivity index (χ4n) is 1.51. The molecule has 21 heavy (non-hydrogen) atoms. The largest absolute Gasteiger partial charge is 0.507 e. The molecule has 0 spiro atoms. The number of benzene rings is 1. The lowest BCUT2D eigenvalue weighted by Crippen LogP contribution is -2.27. The molecule has 1 aromatic carbocycles. The normalized spacial score (nSPS) is 9.71. The summed E-state index contributed by atoms with van der Waals surface area (Å²) in [6, 6.07) is 5.81. The second kappa shape index (κ2) is 10.7. The Balaban J connectivity index is 0.000000382. The average molecular weight is 297 g/mol. The number of carboxylic acid groups (broad SMARTS) is 1. The standard InChI is InChI=1S/C8H17NO2.C7H6O3/c1-4-9(5-2)6-7-11-8(3)10;8-6-4-2-1-3-5(6)7(9)10/h4-7H2,1-3H3;1-4,8H,(H,9,10). The van der Waals surface area contributed by atoms with E-state index in [1.165, 1.54) is 19.1 Å². The Kier molecular flexibility index (Phi) is 9.62. The topological polar surface area (TPSA) is 87.1 Å². The molecule has 118 valence electrons. The van der Waals surface area contributed by atoms with E-state index < -0.39 is 5.97 Å². The van der Waals surface area contributed by atoms with Crippen molar-refractivity contribution < 1.29 is 24.5 Å². The van der Waals surface area contributed by atoms with Crippen molar-refractivity contribution in [3.63, 3.8) is 0 Å². The van der Waals surface area contributed by atoms with Crippen LogP contribution in [0.3, 0.4) is 0 Å². The van der Waals surface area contributed by atoms with Gasteiger partial charge in [0.15, 0.2) is 0 Å². The van der Waals surface area contributed by atoms with Gasteiger partial charge in [0.05, 0.1) is 0 Å². The Morgan fingerprint density at radius 2 is 1.76 bits per heavy atom.